The molecule has 2 aromatic carbocycles. The number of anilines is 2. The highest BCUT2D eigenvalue weighted by atomic mass is 19.1. The molecule has 108 valence electrons. The Morgan fingerprint density at radius 3 is 1.24 bits per heavy atom. The summed E-state index contributed by atoms with van der Waals surface area (Å²) in [7, 11) is 0. The quantitative estimate of drug-likeness (QED) is 0.773. The van der Waals surface area contributed by atoms with Crippen molar-refractivity contribution in [2.24, 2.45) is 0 Å². The molecule has 2 nitrogen and oxygen atoms in total. The summed E-state index contributed by atoms with van der Waals surface area (Å²) < 4.78 is 52.8. The van der Waals surface area contributed by atoms with Crippen LogP contribution in [0.15, 0.2) is 48.8 Å². The average Bonchev–Trinajstić information content (AvgIpc) is 2.85. The van der Waals surface area contributed by atoms with E-state index < -0.39 is 23.3 Å². The maximum atomic E-state index is 13.2. The SMILES string of the molecule is Fc1cc(F)cc(N2C=CN(c3cc(F)cc(F)c3)C2)c1. The monoisotopic (exact) mass is 294 g/mol. The number of benzene rings is 2. The van der Waals surface area contributed by atoms with E-state index in [1.807, 2.05) is 0 Å². The molecule has 0 N–H and O–H groups in total. The normalized spacial score (nSPS) is 14.1. The van der Waals surface area contributed by atoms with Gasteiger partial charge >= 0.3 is 0 Å². The first-order valence-corrected chi connectivity index (χ1v) is 6.15. The third kappa shape index (κ3) is 2.84. The van der Waals surface area contributed by atoms with Crippen molar-refractivity contribution in [3.05, 3.63) is 72.1 Å². The third-order valence-electron chi connectivity index (χ3n) is 3.09. The molecule has 3 rings (SSSR count). The van der Waals surface area contributed by atoms with Crippen LogP contribution in [0.1, 0.15) is 0 Å². The van der Waals surface area contributed by atoms with Gasteiger partial charge in [-0.2, -0.15) is 0 Å². The Balaban J connectivity index is 1.84. The van der Waals surface area contributed by atoms with Crippen LogP contribution >= 0.6 is 0 Å². The molecular weight excluding hydrogens is 284 g/mol. The van der Waals surface area contributed by atoms with Gasteiger partial charge in [0.15, 0.2) is 0 Å². The summed E-state index contributed by atoms with van der Waals surface area (Å²) in [5.41, 5.74) is 0.645. The Bertz CT molecular complexity index is 615. The van der Waals surface area contributed by atoms with Gasteiger partial charge in [0, 0.05) is 35.9 Å². The fourth-order valence-electron chi connectivity index (χ4n) is 2.17. The van der Waals surface area contributed by atoms with Gasteiger partial charge in [-0.15, -0.1) is 0 Å². The van der Waals surface area contributed by atoms with Crippen LogP contribution in [-0.2, 0) is 0 Å². The van der Waals surface area contributed by atoms with Crippen LogP contribution in [0.3, 0.4) is 0 Å². The fraction of sp³-hybridized carbons (Fsp3) is 0.0667. The Kier molecular flexibility index (Phi) is 3.29. The van der Waals surface area contributed by atoms with Crippen LogP contribution in [-0.4, -0.2) is 6.67 Å². The number of rotatable bonds is 2. The minimum absolute atomic E-state index is 0.200. The van der Waals surface area contributed by atoms with Crippen LogP contribution in [0.2, 0.25) is 0 Å². The van der Waals surface area contributed by atoms with Gasteiger partial charge in [0.05, 0.1) is 6.67 Å². The number of hydrogen-bond acceptors (Lipinski definition) is 2. The molecule has 1 aliphatic heterocycles. The van der Waals surface area contributed by atoms with E-state index in [2.05, 4.69) is 0 Å². The summed E-state index contributed by atoms with van der Waals surface area (Å²) in [4.78, 5) is 3.13. The Labute approximate surface area is 118 Å². The van der Waals surface area contributed by atoms with E-state index in [9.17, 15) is 17.6 Å². The van der Waals surface area contributed by atoms with Crippen LogP contribution in [0.25, 0.3) is 0 Å². The van der Waals surface area contributed by atoms with E-state index in [1.54, 1.807) is 22.2 Å². The molecule has 0 saturated carbocycles. The Morgan fingerprint density at radius 1 is 0.571 bits per heavy atom. The minimum Gasteiger partial charge on any atom is -0.328 e. The molecule has 0 saturated heterocycles. The van der Waals surface area contributed by atoms with Gasteiger partial charge in [0.1, 0.15) is 23.3 Å². The van der Waals surface area contributed by atoms with Crippen LogP contribution < -0.4 is 9.80 Å². The first-order valence-electron chi connectivity index (χ1n) is 6.15. The van der Waals surface area contributed by atoms with Crippen LogP contribution in [0, 0.1) is 23.3 Å². The summed E-state index contributed by atoms with van der Waals surface area (Å²) in [6.45, 7) is 0.200. The lowest BCUT2D eigenvalue weighted by Crippen LogP contribution is -2.24. The summed E-state index contributed by atoms with van der Waals surface area (Å²) in [6, 6.07) is 6.30. The summed E-state index contributed by atoms with van der Waals surface area (Å²) >= 11 is 0. The minimum atomic E-state index is -0.686. The van der Waals surface area contributed by atoms with Gasteiger partial charge in [-0.05, 0) is 24.3 Å². The summed E-state index contributed by atoms with van der Waals surface area (Å²) in [5, 5.41) is 0. The average molecular weight is 294 g/mol. The molecule has 1 aliphatic rings. The molecule has 0 bridgehead atoms. The number of halogens is 4. The molecular formula is C15H10F4N2. The van der Waals surface area contributed by atoms with E-state index in [4.69, 9.17) is 0 Å². The van der Waals surface area contributed by atoms with Crippen molar-refractivity contribution in [3.63, 3.8) is 0 Å². The molecule has 1 heterocycles. The lowest BCUT2D eigenvalue weighted by molar-refractivity contribution is 0.583. The molecule has 0 spiro atoms. The molecule has 0 atom stereocenters. The molecule has 6 heteroatoms. The maximum Gasteiger partial charge on any atom is 0.128 e. The molecule has 21 heavy (non-hydrogen) atoms. The predicted octanol–water partition coefficient (Wildman–Crippen LogP) is 4.00. The highest BCUT2D eigenvalue weighted by molar-refractivity contribution is 5.59. The topological polar surface area (TPSA) is 6.48 Å². The van der Waals surface area contributed by atoms with E-state index in [0.29, 0.717) is 11.4 Å². The summed E-state index contributed by atoms with van der Waals surface area (Å²) in [6.07, 6.45) is 3.16. The van der Waals surface area contributed by atoms with E-state index in [-0.39, 0.29) is 6.67 Å². The van der Waals surface area contributed by atoms with Gasteiger partial charge in [-0.25, -0.2) is 17.6 Å². The van der Waals surface area contributed by atoms with Gasteiger partial charge in [-0.3, -0.25) is 0 Å². The van der Waals surface area contributed by atoms with Crippen molar-refractivity contribution in [1.82, 2.24) is 0 Å². The lowest BCUT2D eigenvalue weighted by atomic mass is 10.2. The van der Waals surface area contributed by atoms with Gasteiger partial charge < -0.3 is 9.80 Å². The standard InChI is InChI=1S/C15H10F4N2/c16-10-3-11(17)6-14(5-10)20-1-2-21(9-20)15-7-12(18)4-13(19)8-15/h1-8H,9H2. The van der Waals surface area contributed by atoms with Crippen molar-refractivity contribution in [3.8, 4) is 0 Å². The lowest BCUT2D eigenvalue weighted by Gasteiger charge is -2.21. The molecule has 2 aromatic rings. The second-order valence-electron chi connectivity index (χ2n) is 4.63. The third-order valence-corrected chi connectivity index (χ3v) is 3.09. The molecule has 0 unspecified atom stereocenters. The van der Waals surface area contributed by atoms with Crippen molar-refractivity contribution in [2.45, 2.75) is 0 Å². The smallest absolute Gasteiger partial charge is 0.128 e. The second-order valence-corrected chi connectivity index (χ2v) is 4.63. The highest BCUT2D eigenvalue weighted by Crippen LogP contribution is 2.26. The first kappa shape index (κ1) is 13.5. The summed E-state index contributed by atoms with van der Waals surface area (Å²) in [5.74, 6) is -2.75. The van der Waals surface area contributed by atoms with E-state index >= 15 is 0 Å². The van der Waals surface area contributed by atoms with E-state index in [0.717, 1.165) is 12.1 Å². The van der Waals surface area contributed by atoms with Crippen LogP contribution in [0.5, 0.6) is 0 Å². The van der Waals surface area contributed by atoms with Crippen molar-refractivity contribution < 1.29 is 17.6 Å². The van der Waals surface area contributed by atoms with Crippen molar-refractivity contribution in [1.29, 1.82) is 0 Å². The Hall–Kier alpha value is -2.50. The Morgan fingerprint density at radius 2 is 0.905 bits per heavy atom. The molecule has 0 aliphatic carbocycles. The zero-order valence-electron chi connectivity index (χ0n) is 10.7. The fourth-order valence-corrected chi connectivity index (χ4v) is 2.17. The zero-order valence-corrected chi connectivity index (χ0v) is 10.7. The predicted molar refractivity (Wildman–Crippen MR) is 71.7 cm³/mol. The highest BCUT2D eigenvalue weighted by Gasteiger charge is 2.17. The van der Waals surface area contributed by atoms with Crippen LogP contribution in [0.4, 0.5) is 28.9 Å². The molecule has 0 radical (unpaired) electrons. The second kappa shape index (κ2) is 5.12. The van der Waals surface area contributed by atoms with Gasteiger partial charge in [-0.1, -0.05) is 0 Å². The van der Waals surface area contributed by atoms with Gasteiger partial charge in [0.2, 0.25) is 0 Å². The molecule has 0 aromatic heterocycles. The largest absolute Gasteiger partial charge is 0.328 e. The maximum absolute atomic E-state index is 13.2. The van der Waals surface area contributed by atoms with Gasteiger partial charge in [0.25, 0.3) is 0 Å². The van der Waals surface area contributed by atoms with E-state index in [1.165, 1.54) is 24.3 Å². The first-order chi connectivity index (χ1) is 10.0. The molecule has 0 amide bonds. The van der Waals surface area contributed by atoms with Crippen molar-refractivity contribution >= 4 is 11.4 Å². The number of nitrogens with zero attached hydrogens (tertiary/aromatic N) is 2. The molecule has 0 fully saturated rings. The zero-order chi connectivity index (χ0) is 15.0. The number of hydrogen-bond donors (Lipinski definition) is 0. The van der Waals surface area contributed by atoms with Crippen molar-refractivity contribution in [2.75, 3.05) is 16.5 Å².